The lowest BCUT2D eigenvalue weighted by atomic mass is 9.96. The lowest BCUT2D eigenvalue weighted by Crippen LogP contribution is -2.22. The molecule has 1 rings (SSSR count). The molecule has 0 fully saturated rings. The van der Waals surface area contributed by atoms with E-state index in [0.717, 1.165) is 18.2 Å². The van der Waals surface area contributed by atoms with E-state index in [2.05, 4.69) is 37.5 Å². The lowest BCUT2D eigenvalue weighted by molar-refractivity contribution is 0.395. The van der Waals surface area contributed by atoms with Gasteiger partial charge in [0.15, 0.2) is 0 Å². The second kappa shape index (κ2) is 7.72. The SMILES string of the molecule is CCCC(C)CC(NCC)c1cc(OC)cs1. The number of ether oxygens (including phenoxy) is 1. The van der Waals surface area contributed by atoms with Crippen LogP contribution in [0.15, 0.2) is 11.4 Å². The number of methoxy groups -OCH3 is 1. The summed E-state index contributed by atoms with van der Waals surface area (Å²) in [7, 11) is 1.73. The molecular weight excluding hydrogens is 230 g/mol. The van der Waals surface area contributed by atoms with Crippen LogP contribution >= 0.6 is 11.3 Å². The van der Waals surface area contributed by atoms with Gasteiger partial charge in [0.25, 0.3) is 0 Å². The van der Waals surface area contributed by atoms with Crippen molar-refractivity contribution in [1.82, 2.24) is 5.32 Å². The van der Waals surface area contributed by atoms with Crippen molar-refractivity contribution in [2.75, 3.05) is 13.7 Å². The molecule has 0 saturated carbocycles. The Balaban J connectivity index is 2.64. The Morgan fingerprint density at radius 1 is 1.41 bits per heavy atom. The zero-order chi connectivity index (χ0) is 12.7. The van der Waals surface area contributed by atoms with Crippen LogP contribution in [0.4, 0.5) is 0 Å². The molecule has 1 heterocycles. The average Bonchev–Trinajstić information content (AvgIpc) is 2.77. The Hall–Kier alpha value is -0.540. The molecule has 0 aliphatic carbocycles. The minimum absolute atomic E-state index is 0.482. The molecule has 2 atom stereocenters. The van der Waals surface area contributed by atoms with Crippen LogP contribution in [0, 0.1) is 5.92 Å². The summed E-state index contributed by atoms with van der Waals surface area (Å²) >= 11 is 1.79. The van der Waals surface area contributed by atoms with Gasteiger partial charge in [-0.05, 0) is 24.9 Å². The maximum absolute atomic E-state index is 5.26. The van der Waals surface area contributed by atoms with Crippen LogP contribution in [-0.4, -0.2) is 13.7 Å². The van der Waals surface area contributed by atoms with Crippen molar-refractivity contribution in [3.63, 3.8) is 0 Å². The summed E-state index contributed by atoms with van der Waals surface area (Å²) in [5.74, 6) is 1.76. The predicted octanol–water partition coefficient (Wildman–Crippen LogP) is 4.23. The van der Waals surface area contributed by atoms with Crippen LogP contribution in [0.2, 0.25) is 0 Å². The molecule has 2 unspecified atom stereocenters. The summed E-state index contributed by atoms with van der Waals surface area (Å²) in [5.41, 5.74) is 0. The lowest BCUT2D eigenvalue weighted by Gasteiger charge is -2.20. The fraction of sp³-hybridized carbons (Fsp3) is 0.714. The highest BCUT2D eigenvalue weighted by Gasteiger charge is 2.16. The van der Waals surface area contributed by atoms with E-state index in [1.54, 1.807) is 18.4 Å². The summed E-state index contributed by atoms with van der Waals surface area (Å²) < 4.78 is 5.26. The Kier molecular flexibility index (Phi) is 6.60. The van der Waals surface area contributed by atoms with Gasteiger partial charge in [0, 0.05) is 16.3 Å². The first-order chi connectivity index (χ1) is 8.21. The second-order valence-corrected chi connectivity index (χ2v) is 5.57. The van der Waals surface area contributed by atoms with Crippen molar-refractivity contribution in [2.45, 2.75) is 46.1 Å². The molecule has 1 aromatic heterocycles. The standard InChI is InChI=1S/C14H25NOS/c1-5-7-11(3)8-13(15-6-2)14-9-12(16-4)10-17-14/h9-11,13,15H,5-8H2,1-4H3. The topological polar surface area (TPSA) is 21.3 Å². The van der Waals surface area contributed by atoms with Gasteiger partial charge in [-0.15, -0.1) is 11.3 Å². The van der Waals surface area contributed by atoms with Crippen molar-refractivity contribution in [3.05, 3.63) is 16.3 Å². The number of thiophene rings is 1. The molecule has 0 aromatic carbocycles. The molecule has 0 aliphatic heterocycles. The summed E-state index contributed by atoms with van der Waals surface area (Å²) in [6.07, 6.45) is 3.80. The van der Waals surface area contributed by atoms with Crippen molar-refractivity contribution >= 4 is 11.3 Å². The Morgan fingerprint density at radius 3 is 2.71 bits per heavy atom. The molecule has 2 nitrogen and oxygen atoms in total. The number of nitrogens with one attached hydrogen (secondary N) is 1. The van der Waals surface area contributed by atoms with Crippen LogP contribution < -0.4 is 10.1 Å². The highest BCUT2D eigenvalue weighted by atomic mass is 32.1. The van der Waals surface area contributed by atoms with Gasteiger partial charge in [-0.2, -0.15) is 0 Å². The van der Waals surface area contributed by atoms with E-state index >= 15 is 0 Å². The fourth-order valence-electron chi connectivity index (χ4n) is 2.18. The van der Waals surface area contributed by atoms with Gasteiger partial charge in [-0.1, -0.05) is 33.6 Å². The van der Waals surface area contributed by atoms with Crippen LogP contribution in [0.5, 0.6) is 5.75 Å². The molecule has 0 aliphatic rings. The van der Waals surface area contributed by atoms with Crippen molar-refractivity contribution in [2.24, 2.45) is 5.92 Å². The summed E-state index contributed by atoms with van der Waals surface area (Å²) in [6.45, 7) is 7.79. The fourth-order valence-corrected chi connectivity index (χ4v) is 3.13. The number of hydrogen-bond acceptors (Lipinski definition) is 3. The van der Waals surface area contributed by atoms with Crippen LogP contribution in [0.1, 0.15) is 51.0 Å². The summed E-state index contributed by atoms with van der Waals surface area (Å²) in [5, 5.41) is 5.67. The van der Waals surface area contributed by atoms with E-state index in [4.69, 9.17) is 4.74 Å². The molecule has 1 aromatic rings. The van der Waals surface area contributed by atoms with E-state index in [1.165, 1.54) is 24.1 Å². The zero-order valence-corrected chi connectivity index (χ0v) is 12.3. The molecular formula is C14H25NOS. The minimum atomic E-state index is 0.482. The van der Waals surface area contributed by atoms with Crippen molar-refractivity contribution in [1.29, 1.82) is 0 Å². The summed E-state index contributed by atoms with van der Waals surface area (Å²) in [4.78, 5) is 1.40. The molecule has 3 heteroatoms. The Morgan fingerprint density at radius 2 is 2.18 bits per heavy atom. The quantitative estimate of drug-likeness (QED) is 0.750. The van der Waals surface area contributed by atoms with Crippen molar-refractivity contribution < 1.29 is 4.74 Å². The van der Waals surface area contributed by atoms with Gasteiger partial charge in [0.2, 0.25) is 0 Å². The Labute approximate surface area is 109 Å². The van der Waals surface area contributed by atoms with Crippen LogP contribution in [0.3, 0.4) is 0 Å². The van der Waals surface area contributed by atoms with Gasteiger partial charge in [-0.3, -0.25) is 0 Å². The first-order valence-electron chi connectivity index (χ1n) is 6.57. The van der Waals surface area contributed by atoms with E-state index in [0.29, 0.717) is 6.04 Å². The van der Waals surface area contributed by atoms with Gasteiger partial charge in [0.1, 0.15) is 5.75 Å². The molecule has 98 valence electrons. The summed E-state index contributed by atoms with van der Waals surface area (Å²) in [6, 6.07) is 2.65. The molecule has 1 N–H and O–H groups in total. The molecule has 0 spiro atoms. The predicted molar refractivity (Wildman–Crippen MR) is 76.0 cm³/mol. The molecule has 0 radical (unpaired) electrons. The highest BCUT2D eigenvalue weighted by Crippen LogP contribution is 2.31. The minimum Gasteiger partial charge on any atom is -0.496 e. The average molecular weight is 255 g/mol. The van der Waals surface area contributed by atoms with E-state index in [1.807, 2.05) is 0 Å². The molecule has 0 bridgehead atoms. The first-order valence-corrected chi connectivity index (χ1v) is 7.45. The molecule has 0 saturated heterocycles. The van der Waals surface area contributed by atoms with Gasteiger partial charge in [-0.25, -0.2) is 0 Å². The third-order valence-corrected chi connectivity index (χ3v) is 4.07. The molecule has 0 amide bonds. The zero-order valence-electron chi connectivity index (χ0n) is 11.5. The molecule has 17 heavy (non-hydrogen) atoms. The third kappa shape index (κ3) is 4.68. The van der Waals surface area contributed by atoms with Crippen LogP contribution in [-0.2, 0) is 0 Å². The maximum atomic E-state index is 5.26. The van der Waals surface area contributed by atoms with E-state index in [9.17, 15) is 0 Å². The first kappa shape index (κ1) is 14.5. The number of rotatable bonds is 8. The van der Waals surface area contributed by atoms with Gasteiger partial charge in [0.05, 0.1) is 7.11 Å². The largest absolute Gasteiger partial charge is 0.496 e. The smallest absolute Gasteiger partial charge is 0.129 e. The van der Waals surface area contributed by atoms with E-state index < -0.39 is 0 Å². The van der Waals surface area contributed by atoms with E-state index in [-0.39, 0.29) is 0 Å². The van der Waals surface area contributed by atoms with Crippen LogP contribution in [0.25, 0.3) is 0 Å². The second-order valence-electron chi connectivity index (χ2n) is 4.63. The monoisotopic (exact) mass is 255 g/mol. The number of hydrogen-bond donors (Lipinski definition) is 1. The van der Waals surface area contributed by atoms with Crippen molar-refractivity contribution in [3.8, 4) is 5.75 Å². The normalized spacial score (nSPS) is 14.6. The van der Waals surface area contributed by atoms with Gasteiger partial charge >= 0.3 is 0 Å². The third-order valence-electron chi connectivity index (χ3n) is 3.04. The Bertz CT molecular complexity index is 311. The highest BCUT2D eigenvalue weighted by molar-refractivity contribution is 7.10. The maximum Gasteiger partial charge on any atom is 0.129 e. The van der Waals surface area contributed by atoms with Gasteiger partial charge < -0.3 is 10.1 Å².